The average molecular weight is 316 g/mol. The number of aromatic hydroxyl groups is 4. The minimum absolute atomic E-state index is 0.0108. The number of methoxy groups -OCH3 is 1. The van der Waals surface area contributed by atoms with Crippen LogP contribution in [0.4, 0.5) is 0 Å². The number of hydrogen-bond acceptors (Lipinski definition) is 7. The molecular formula is C16H12O7. The molecule has 0 aliphatic heterocycles. The molecule has 0 saturated carbocycles. The molecule has 4 N–H and O–H groups in total. The van der Waals surface area contributed by atoms with Crippen LogP contribution in [0.1, 0.15) is 0 Å². The first-order valence-corrected chi connectivity index (χ1v) is 6.51. The maximum absolute atomic E-state index is 12.2. The van der Waals surface area contributed by atoms with Crippen LogP contribution in [0.15, 0.2) is 39.5 Å². The quantitative estimate of drug-likeness (QED) is 0.572. The van der Waals surface area contributed by atoms with Crippen molar-refractivity contribution in [2.75, 3.05) is 7.11 Å². The molecule has 3 rings (SSSR count). The fourth-order valence-corrected chi connectivity index (χ4v) is 2.30. The van der Waals surface area contributed by atoms with E-state index in [4.69, 9.17) is 9.15 Å². The number of rotatable bonds is 2. The number of phenols is 4. The normalized spacial score (nSPS) is 10.8. The molecular weight excluding hydrogens is 304 g/mol. The van der Waals surface area contributed by atoms with Crippen LogP contribution in [0.2, 0.25) is 0 Å². The van der Waals surface area contributed by atoms with Gasteiger partial charge < -0.3 is 29.6 Å². The monoisotopic (exact) mass is 316 g/mol. The van der Waals surface area contributed by atoms with Crippen LogP contribution in [-0.2, 0) is 0 Å². The largest absolute Gasteiger partial charge is 0.508 e. The Labute approximate surface area is 129 Å². The molecule has 1 heterocycles. The van der Waals surface area contributed by atoms with Crippen molar-refractivity contribution < 1.29 is 29.6 Å². The van der Waals surface area contributed by atoms with Gasteiger partial charge in [0.25, 0.3) is 0 Å². The van der Waals surface area contributed by atoms with E-state index in [1.165, 1.54) is 19.2 Å². The van der Waals surface area contributed by atoms with Crippen molar-refractivity contribution in [3.05, 3.63) is 40.6 Å². The lowest BCUT2D eigenvalue weighted by molar-refractivity contribution is 0.369. The molecule has 0 aliphatic carbocycles. The second kappa shape index (κ2) is 5.13. The summed E-state index contributed by atoms with van der Waals surface area (Å²) in [5.41, 5.74) is -0.483. The lowest BCUT2D eigenvalue weighted by Crippen LogP contribution is -2.01. The van der Waals surface area contributed by atoms with Crippen LogP contribution in [-0.4, -0.2) is 27.5 Å². The van der Waals surface area contributed by atoms with Crippen molar-refractivity contribution in [1.82, 2.24) is 0 Å². The number of fused-ring (bicyclic) bond motifs is 1. The minimum atomic E-state index is -0.551. The van der Waals surface area contributed by atoms with Crippen molar-refractivity contribution >= 4 is 11.0 Å². The summed E-state index contributed by atoms with van der Waals surface area (Å²) >= 11 is 0. The Morgan fingerprint density at radius 1 is 0.913 bits per heavy atom. The molecule has 0 amide bonds. The van der Waals surface area contributed by atoms with Crippen LogP contribution in [0.25, 0.3) is 22.3 Å². The van der Waals surface area contributed by atoms with Crippen LogP contribution in [0.5, 0.6) is 28.7 Å². The van der Waals surface area contributed by atoms with Crippen LogP contribution < -0.4 is 10.2 Å². The van der Waals surface area contributed by atoms with E-state index < -0.39 is 11.2 Å². The van der Waals surface area contributed by atoms with E-state index in [0.29, 0.717) is 0 Å². The Kier molecular flexibility index (Phi) is 3.25. The number of phenolic OH excluding ortho intramolecular Hbond substituents is 4. The smallest absolute Gasteiger partial charge is 0.197 e. The third-order valence-corrected chi connectivity index (χ3v) is 3.36. The Balaban J connectivity index is 2.32. The summed E-state index contributed by atoms with van der Waals surface area (Å²) in [4.78, 5) is 12.2. The van der Waals surface area contributed by atoms with E-state index in [1.54, 1.807) is 0 Å². The third kappa shape index (κ3) is 2.38. The van der Waals surface area contributed by atoms with Gasteiger partial charge in [-0.2, -0.15) is 0 Å². The van der Waals surface area contributed by atoms with Gasteiger partial charge in [-0.15, -0.1) is 0 Å². The SMILES string of the molecule is COc1cc(-c2cc(=O)c3c(O)cc(O)cc3o2)c(O)cc1O. The second-order valence-corrected chi connectivity index (χ2v) is 4.85. The molecule has 0 fully saturated rings. The first kappa shape index (κ1) is 14.6. The maximum atomic E-state index is 12.2. The number of benzene rings is 2. The van der Waals surface area contributed by atoms with Gasteiger partial charge in [0.05, 0.1) is 12.7 Å². The van der Waals surface area contributed by atoms with E-state index in [-0.39, 0.29) is 45.3 Å². The van der Waals surface area contributed by atoms with E-state index in [9.17, 15) is 25.2 Å². The number of hydrogen-bond donors (Lipinski definition) is 4. The van der Waals surface area contributed by atoms with Gasteiger partial charge in [-0.25, -0.2) is 0 Å². The molecule has 0 spiro atoms. The fraction of sp³-hybridized carbons (Fsp3) is 0.0625. The van der Waals surface area contributed by atoms with Crippen molar-refractivity contribution in [2.24, 2.45) is 0 Å². The minimum Gasteiger partial charge on any atom is -0.508 e. The van der Waals surface area contributed by atoms with Crippen LogP contribution in [0.3, 0.4) is 0 Å². The predicted molar refractivity (Wildman–Crippen MR) is 81.1 cm³/mol. The zero-order chi connectivity index (χ0) is 16.7. The van der Waals surface area contributed by atoms with Crippen molar-refractivity contribution in [1.29, 1.82) is 0 Å². The van der Waals surface area contributed by atoms with Gasteiger partial charge in [0.1, 0.15) is 34.0 Å². The molecule has 0 saturated heterocycles. The van der Waals surface area contributed by atoms with Crippen LogP contribution in [0, 0.1) is 0 Å². The Morgan fingerprint density at radius 2 is 1.65 bits per heavy atom. The van der Waals surface area contributed by atoms with Crippen molar-refractivity contribution in [2.45, 2.75) is 0 Å². The molecule has 0 radical (unpaired) electrons. The summed E-state index contributed by atoms with van der Waals surface area (Å²) in [5, 5.41) is 38.7. The van der Waals surface area contributed by atoms with Gasteiger partial charge in [-0.1, -0.05) is 0 Å². The van der Waals surface area contributed by atoms with Crippen molar-refractivity contribution in [3.8, 4) is 40.1 Å². The molecule has 2 aromatic carbocycles. The highest BCUT2D eigenvalue weighted by Crippen LogP contribution is 2.39. The lowest BCUT2D eigenvalue weighted by Gasteiger charge is -2.09. The zero-order valence-corrected chi connectivity index (χ0v) is 11.9. The standard InChI is InChI=1S/C16H12O7/c1-22-14-4-8(9(18)5-10(14)19)13-6-12(21)16-11(20)2-7(17)3-15(16)23-13/h2-6,17-20H,1H3. The molecule has 23 heavy (non-hydrogen) atoms. The van der Waals surface area contributed by atoms with E-state index in [1.807, 2.05) is 0 Å². The molecule has 118 valence electrons. The van der Waals surface area contributed by atoms with Gasteiger partial charge in [-0.05, 0) is 6.07 Å². The first-order valence-electron chi connectivity index (χ1n) is 6.51. The molecule has 0 aliphatic rings. The Morgan fingerprint density at radius 3 is 2.35 bits per heavy atom. The molecule has 0 bridgehead atoms. The predicted octanol–water partition coefficient (Wildman–Crippen LogP) is 2.29. The van der Waals surface area contributed by atoms with Crippen LogP contribution >= 0.6 is 0 Å². The summed E-state index contributed by atoms with van der Waals surface area (Å²) in [7, 11) is 1.34. The van der Waals surface area contributed by atoms with Crippen molar-refractivity contribution in [3.63, 3.8) is 0 Å². The maximum Gasteiger partial charge on any atom is 0.197 e. The van der Waals surface area contributed by atoms with Gasteiger partial charge in [0.2, 0.25) is 0 Å². The number of ether oxygens (including phenoxy) is 1. The van der Waals surface area contributed by atoms with E-state index >= 15 is 0 Å². The Hall–Kier alpha value is -3.35. The molecule has 3 aromatic rings. The fourth-order valence-electron chi connectivity index (χ4n) is 2.30. The molecule has 1 aromatic heterocycles. The summed E-state index contributed by atoms with van der Waals surface area (Å²) in [6, 6.07) is 5.65. The molecule has 0 atom stereocenters. The lowest BCUT2D eigenvalue weighted by atomic mass is 10.1. The topological polar surface area (TPSA) is 120 Å². The molecule has 7 heteroatoms. The molecule has 0 unspecified atom stereocenters. The second-order valence-electron chi connectivity index (χ2n) is 4.85. The highest BCUT2D eigenvalue weighted by atomic mass is 16.5. The summed E-state index contributed by atoms with van der Waals surface area (Å²) in [6.45, 7) is 0. The van der Waals surface area contributed by atoms with Gasteiger partial charge in [0.15, 0.2) is 16.9 Å². The van der Waals surface area contributed by atoms with Gasteiger partial charge >= 0.3 is 0 Å². The summed E-state index contributed by atoms with van der Waals surface area (Å²) in [6.07, 6.45) is 0. The van der Waals surface area contributed by atoms with Gasteiger partial charge in [-0.3, -0.25) is 4.79 Å². The summed E-state index contributed by atoms with van der Waals surface area (Å²) < 4.78 is 10.5. The average Bonchev–Trinajstić information content (AvgIpc) is 2.46. The first-order chi connectivity index (χ1) is 10.9. The van der Waals surface area contributed by atoms with E-state index in [2.05, 4.69) is 0 Å². The van der Waals surface area contributed by atoms with Gasteiger partial charge in [0, 0.05) is 24.3 Å². The van der Waals surface area contributed by atoms with E-state index in [0.717, 1.165) is 18.2 Å². The highest BCUT2D eigenvalue weighted by molar-refractivity contribution is 5.86. The highest BCUT2D eigenvalue weighted by Gasteiger charge is 2.16. The third-order valence-electron chi connectivity index (χ3n) is 3.36. The zero-order valence-electron chi connectivity index (χ0n) is 11.9. The molecule has 7 nitrogen and oxygen atoms in total. The summed E-state index contributed by atoms with van der Waals surface area (Å²) in [5.74, 6) is -1.21. The Bertz CT molecular complexity index is 972.